The molecule has 2 rings (SSSR count). The predicted octanol–water partition coefficient (Wildman–Crippen LogP) is 3.86. The summed E-state index contributed by atoms with van der Waals surface area (Å²) in [5, 5.41) is 6.65. The Balaban J connectivity index is 1.86. The molecular formula is C16H19NO2S. The van der Waals surface area contributed by atoms with E-state index in [4.69, 9.17) is 4.74 Å². The second kappa shape index (κ2) is 7.70. The number of benzene rings is 1. The summed E-state index contributed by atoms with van der Waals surface area (Å²) in [5.41, 5.74) is 1.76. The van der Waals surface area contributed by atoms with E-state index in [1.807, 2.05) is 41.1 Å². The second-order valence-electron chi connectivity index (χ2n) is 4.54. The van der Waals surface area contributed by atoms with E-state index in [2.05, 4.69) is 12.2 Å². The highest BCUT2D eigenvalue weighted by molar-refractivity contribution is 7.08. The number of amides is 1. The molecule has 1 amide bonds. The van der Waals surface area contributed by atoms with Gasteiger partial charge >= 0.3 is 0 Å². The summed E-state index contributed by atoms with van der Waals surface area (Å²) < 4.78 is 5.66. The van der Waals surface area contributed by atoms with Crippen molar-refractivity contribution >= 4 is 17.2 Å². The zero-order valence-corrected chi connectivity index (χ0v) is 12.4. The van der Waals surface area contributed by atoms with Crippen LogP contribution in [0.2, 0.25) is 0 Å². The van der Waals surface area contributed by atoms with Gasteiger partial charge in [0, 0.05) is 17.5 Å². The van der Waals surface area contributed by atoms with E-state index in [0.717, 1.165) is 30.8 Å². The summed E-state index contributed by atoms with van der Waals surface area (Å²) >= 11 is 1.52. The van der Waals surface area contributed by atoms with Crippen LogP contribution in [-0.4, -0.2) is 12.5 Å². The molecule has 0 atom stereocenters. The Morgan fingerprint density at radius 3 is 3.00 bits per heavy atom. The maximum absolute atomic E-state index is 11.8. The standard InChI is InChI=1S/C16H19NO2S/c1-2-3-8-19-15-6-4-5-13(10-15)11-17-16(18)14-7-9-20-12-14/h4-7,9-10,12H,2-3,8,11H2,1H3,(H,17,18). The molecule has 0 aliphatic rings. The molecule has 106 valence electrons. The molecule has 2 aromatic rings. The fourth-order valence-corrected chi connectivity index (χ4v) is 2.39. The lowest BCUT2D eigenvalue weighted by molar-refractivity contribution is 0.0951. The van der Waals surface area contributed by atoms with Crippen molar-refractivity contribution in [3.63, 3.8) is 0 Å². The zero-order chi connectivity index (χ0) is 14.2. The molecule has 0 unspecified atom stereocenters. The molecule has 0 spiro atoms. The van der Waals surface area contributed by atoms with Crippen molar-refractivity contribution in [1.29, 1.82) is 0 Å². The smallest absolute Gasteiger partial charge is 0.252 e. The van der Waals surface area contributed by atoms with Gasteiger partial charge in [-0.15, -0.1) is 0 Å². The normalized spacial score (nSPS) is 10.2. The van der Waals surface area contributed by atoms with Crippen molar-refractivity contribution < 1.29 is 9.53 Å². The minimum absolute atomic E-state index is 0.0384. The van der Waals surface area contributed by atoms with Crippen LogP contribution in [0.25, 0.3) is 0 Å². The van der Waals surface area contributed by atoms with Gasteiger partial charge in [0.25, 0.3) is 5.91 Å². The Morgan fingerprint density at radius 1 is 1.35 bits per heavy atom. The Morgan fingerprint density at radius 2 is 2.25 bits per heavy atom. The lowest BCUT2D eigenvalue weighted by Crippen LogP contribution is -2.22. The van der Waals surface area contributed by atoms with Gasteiger partial charge in [0.05, 0.1) is 6.61 Å². The lowest BCUT2D eigenvalue weighted by atomic mass is 10.2. The van der Waals surface area contributed by atoms with Crippen molar-refractivity contribution in [1.82, 2.24) is 5.32 Å². The van der Waals surface area contributed by atoms with Crippen LogP contribution in [-0.2, 0) is 6.54 Å². The highest BCUT2D eigenvalue weighted by atomic mass is 32.1. The number of hydrogen-bond donors (Lipinski definition) is 1. The number of hydrogen-bond acceptors (Lipinski definition) is 3. The average Bonchev–Trinajstić information content (AvgIpc) is 3.00. The van der Waals surface area contributed by atoms with E-state index in [1.54, 1.807) is 0 Å². The summed E-state index contributed by atoms with van der Waals surface area (Å²) in [5.74, 6) is 0.823. The van der Waals surface area contributed by atoms with Gasteiger partial charge in [-0.3, -0.25) is 4.79 Å². The van der Waals surface area contributed by atoms with Gasteiger partial charge in [0.1, 0.15) is 5.75 Å². The van der Waals surface area contributed by atoms with Crippen LogP contribution >= 0.6 is 11.3 Å². The van der Waals surface area contributed by atoms with Crippen LogP contribution in [0, 0.1) is 0 Å². The summed E-state index contributed by atoms with van der Waals surface area (Å²) in [6.45, 7) is 3.39. The third-order valence-corrected chi connectivity index (χ3v) is 3.58. The maximum atomic E-state index is 11.8. The van der Waals surface area contributed by atoms with Crippen molar-refractivity contribution in [3.8, 4) is 5.75 Å². The van der Waals surface area contributed by atoms with Gasteiger partial charge in [-0.25, -0.2) is 0 Å². The number of carbonyl (C=O) groups excluding carboxylic acids is 1. The molecule has 0 saturated heterocycles. The monoisotopic (exact) mass is 289 g/mol. The zero-order valence-electron chi connectivity index (χ0n) is 11.6. The van der Waals surface area contributed by atoms with E-state index in [1.165, 1.54) is 11.3 Å². The quantitative estimate of drug-likeness (QED) is 0.786. The molecule has 0 fully saturated rings. The summed E-state index contributed by atoms with van der Waals surface area (Å²) in [7, 11) is 0. The predicted molar refractivity (Wildman–Crippen MR) is 82.3 cm³/mol. The van der Waals surface area contributed by atoms with Crippen LogP contribution < -0.4 is 10.1 Å². The number of nitrogens with one attached hydrogen (secondary N) is 1. The first-order valence-corrected chi connectivity index (χ1v) is 7.76. The molecule has 0 aliphatic heterocycles. The number of rotatable bonds is 7. The fraction of sp³-hybridized carbons (Fsp3) is 0.312. The maximum Gasteiger partial charge on any atom is 0.252 e. The second-order valence-corrected chi connectivity index (χ2v) is 5.32. The van der Waals surface area contributed by atoms with Crippen molar-refractivity contribution in [2.45, 2.75) is 26.3 Å². The largest absolute Gasteiger partial charge is 0.494 e. The molecule has 0 aliphatic carbocycles. The number of carbonyl (C=O) groups is 1. The van der Waals surface area contributed by atoms with Gasteiger partial charge in [-0.2, -0.15) is 11.3 Å². The molecule has 1 N–H and O–H groups in total. The molecule has 0 bridgehead atoms. The van der Waals surface area contributed by atoms with Gasteiger partial charge < -0.3 is 10.1 Å². The third-order valence-electron chi connectivity index (χ3n) is 2.90. The Bertz CT molecular complexity index is 537. The molecule has 4 heteroatoms. The molecule has 1 aromatic heterocycles. The average molecular weight is 289 g/mol. The molecule has 0 saturated carbocycles. The van der Waals surface area contributed by atoms with Gasteiger partial charge in [-0.1, -0.05) is 25.5 Å². The molecule has 1 aromatic carbocycles. The lowest BCUT2D eigenvalue weighted by Gasteiger charge is -2.08. The first kappa shape index (κ1) is 14.6. The first-order valence-electron chi connectivity index (χ1n) is 6.81. The molecule has 3 nitrogen and oxygen atoms in total. The highest BCUT2D eigenvalue weighted by Crippen LogP contribution is 2.14. The van der Waals surface area contributed by atoms with Crippen LogP contribution in [0.1, 0.15) is 35.7 Å². The molecular weight excluding hydrogens is 270 g/mol. The molecule has 1 heterocycles. The number of unbranched alkanes of at least 4 members (excludes halogenated alkanes) is 1. The van der Waals surface area contributed by atoms with E-state index >= 15 is 0 Å². The number of ether oxygens (including phenoxy) is 1. The highest BCUT2D eigenvalue weighted by Gasteiger charge is 2.05. The summed E-state index contributed by atoms with van der Waals surface area (Å²) in [6, 6.07) is 9.68. The molecule has 20 heavy (non-hydrogen) atoms. The van der Waals surface area contributed by atoms with Gasteiger partial charge in [0.15, 0.2) is 0 Å². The SMILES string of the molecule is CCCCOc1cccc(CNC(=O)c2ccsc2)c1. The van der Waals surface area contributed by atoms with Crippen LogP contribution in [0.5, 0.6) is 5.75 Å². The van der Waals surface area contributed by atoms with E-state index in [9.17, 15) is 4.79 Å². The van der Waals surface area contributed by atoms with Crippen molar-refractivity contribution in [2.75, 3.05) is 6.61 Å². The Labute approximate surface area is 123 Å². The Kier molecular flexibility index (Phi) is 5.62. The van der Waals surface area contributed by atoms with Crippen LogP contribution in [0.4, 0.5) is 0 Å². The topological polar surface area (TPSA) is 38.3 Å². The van der Waals surface area contributed by atoms with Crippen LogP contribution in [0.15, 0.2) is 41.1 Å². The van der Waals surface area contributed by atoms with E-state index in [0.29, 0.717) is 12.1 Å². The Hall–Kier alpha value is -1.81. The number of thiophene rings is 1. The minimum Gasteiger partial charge on any atom is -0.494 e. The first-order chi connectivity index (χ1) is 9.79. The molecule has 0 radical (unpaired) electrons. The summed E-state index contributed by atoms with van der Waals surface area (Å²) in [6.07, 6.45) is 2.18. The minimum atomic E-state index is -0.0384. The van der Waals surface area contributed by atoms with E-state index in [-0.39, 0.29) is 5.91 Å². The van der Waals surface area contributed by atoms with Crippen molar-refractivity contribution in [2.24, 2.45) is 0 Å². The fourth-order valence-electron chi connectivity index (χ4n) is 1.76. The van der Waals surface area contributed by atoms with Gasteiger partial charge in [0.2, 0.25) is 0 Å². The van der Waals surface area contributed by atoms with Crippen LogP contribution in [0.3, 0.4) is 0 Å². The van der Waals surface area contributed by atoms with Crippen molar-refractivity contribution in [3.05, 3.63) is 52.2 Å². The third kappa shape index (κ3) is 4.38. The van der Waals surface area contributed by atoms with Gasteiger partial charge in [-0.05, 0) is 35.6 Å². The van der Waals surface area contributed by atoms with E-state index < -0.39 is 0 Å². The summed E-state index contributed by atoms with van der Waals surface area (Å²) in [4.78, 5) is 11.8.